The molecule has 0 radical (unpaired) electrons. The SMILES string of the molecule is O=C(Nc1cccc2ccccc12)c1cc2nc(-c3cccs3)cc(C(F)(F)F)n2n1. The number of carbonyl (C=O) groups is 1. The number of nitrogens with zero attached hydrogens (tertiary/aromatic N) is 3. The van der Waals surface area contributed by atoms with Crippen molar-refractivity contribution in [1.29, 1.82) is 0 Å². The van der Waals surface area contributed by atoms with Gasteiger partial charge in [0, 0.05) is 17.1 Å². The molecular formula is C22H13F3N4OS. The van der Waals surface area contributed by atoms with Crippen molar-refractivity contribution in [3.05, 3.63) is 83.5 Å². The third-order valence-electron chi connectivity index (χ3n) is 4.76. The van der Waals surface area contributed by atoms with Crippen molar-refractivity contribution < 1.29 is 18.0 Å². The molecule has 5 rings (SSSR count). The topological polar surface area (TPSA) is 59.3 Å². The Morgan fingerprint density at radius 1 is 1.00 bits per heavy atom. The van der Waals surface area contributed by atoms with Gasteiger partial charge in [-0.2, -0.15) is 18.3 Å². The molecule has 0 aliphatic rings. The first-order valence-electron chi connectivity index (χ1n) is 9.21. The van der Waals surface area contributed by atoms with Gasteiger partial charge in [0.05, 0.1) is 10.6 Å². The van der Waals surface area contributed by atoms with Crippen LogP contribution in [0, 0.1) is 0 Å². The molecule has 9 heteroatoms. The number of rotatable bonds is 3. The maximum Gasteiger partial charge on any atom is 0.433 e. The fraction of sp³-hybridized carbons (Fsp3) is 0.0455. The van der Waals surface area contributed by atoms with E-state index in [9.17, 15) is 18.0 Å². The van der Waals surface area contributed by atoms with Gasteiger partial charge in [-0.25, -0.2) is 9.50 Å². The number of aromatic nitrogens is 3. The van der Waals surface area contributed by atoms with E-state index in [2.05, 4.69) is 15.4 Å². The lowest BCUT2D eigenvalue weighted by molar-refractivity contribution is -0.142. The Bertz CT molecular complexity index is 1420. The highest BCUT2D eigenvalue weighted by atomic mass is 32.1. The average molecular weight is 438 g/mol. The second kappa shape index (κ2) is 7.21. The van der Waals surface area contributed by atoms with E-state index in [0.29, 0.717) is 15.1 Å². The van der Waals surface area contributed by atoms with Gasteiger partial charge < -0.3 is 5.32 Å². The van der Waals surface area contributed by atoms with Crippen LogP contribution in [0.4, 0.5) is 18.9 Å². The van der Waals surface area contributed by atoms with Crippen molar-refractivity contribution in [2.24, 2.45) is 0 Å². The van der Waals surface area contributed by atoms with Crippen molar-refractivity contribution in [3.8, 4) is 10.6 Å². The van der Waals surface area contributed by atoms with E-state index in [1.165, 1.54) is 17.4 Å². The van der Waals surface area contributed by atoms with Crippen LogP contribution in [0.25, 0.3) is 27.0 Å². The number of halogens is 3. The Kier molecular flexibility index (Phi) is 4.48. The molecule has 0 saturated heterocycles. The minimum absolute atomic E-state index is 0.0544. The van der Waals surface area contributed by atoms with Gasteiger partial charge in [-0.1, -0.05) is 42.5 Å². The second-order valence-electron chi connectivity index (χ2n) is 6.78. The van der Waals surface area contributed by atoms with Crippen molar-refractivity contribution in [2.45, 2.75) is 6.18 Å². The summed E-state index contributed by atoms with van der Waals surface area (Å²) in [5, 5.41) is 10.1. The number of fused-ring (bicyclic) bond motifs is 2. The van der Waals surface area contributed by atoms with Crippen LogP contribution >= 0.6 is 11.3 Å². The van der Waals surface area contributed by atoms with E-state index >= 15 is 0 Å². The summed E-state index contributed by atoms with van der Waals surface area (Å²) >= 11 is 1.28. The molecule has 5 aromatic rings. The zero-order valence-corrected chi connectivity index (χ0v) is 16.5. The maximum absolute atomic E-state index is 13.7. The van der Waals surface area contributed by atoms with E-state index in [4.69, 9.17) is 0 Å². The van der Waals surface area contributed by atoms with Gasteiger partial charge in [0.1, 0.15) is 0 Å². The highest BCUT2D eigenvalue weighted by Gasteiger charge is 2.35. The number of amides is 1. The monoisotopic (exact) mass is 438 g/mol. The summed E-state index contributed by atoms with van der Waals surface area (Å²) in [6.07, 6.45) is -4.66. The van der Waals surface area contributed by atoms with Gasteiger partial charge in [-0.3, -0.25) is 4.79 Å². The molecule has 31 heavy (non-hydrogen) atoms. The van der Waals surface area contributed by atoms with E-state index in [-0.39, 0.29) is 17.0 Å². The summed E-state index contributed by atoms with van der Waals surface area (Å²) in [5.41, 5.74) is -0.486. The lowest BCUT2D eigenvalue weighted by atomic mass is 10.1. The molecule has 0 saturated carbocycles. The van der Waals surface area contributed by atoms with Crippen molar-refractivity contribution in [2.75, 3.05) is 5.32 Å². The normalized spacial score (nSPS) is 11.8. The van der Waals surface area contributed by atoms with Crippen LogP contribution in [-0.4, -0.2) is 20.5 Å². The summed E-state index contributed by atoms with van der Waals surface area (Å²) in [7, 11) is 0. The number of nitrogens with one attached hydrogen (secondary N) is 1. The molecule has 3 aromatic heterocycles. The Morgan fingerprint density at radius 2 is 1.81 bits per heavy atom. The van der Waals surface area contributed by atoms with Crippen molar-refractivity contribution in [1.82, 2.24) is 14.6 Å². The summed E-state index contributed by atoms with van der Waals surface area (Å²) in [6, 6.07) is 18.5. The molecule has 1 N–H and O–H groups in total. The molecular weight excluding hydrogens is 425 g/mol. The van der Waals surface area contributed by atoms with Gasteiger partial charge in [-0.05, 0) is 29.0 Å². The molecule has 0 aliphatic carbocycles. The molecule has 0 fully saturated rings. The van der Waals surface area contributed by atoms with Gasteiger partial charge in [0.15, 0.2) is 17.0 Å². The van der Waals surface area contributed by atoms with Crippen molar-refractivity contribution in [3.63, 3.8) is 0 Å². The quantitative estimate of drug-likeness (QED) is 0.383. The number of carbonyl (C=O) groups excluding carboxylic acids is 1. The Hall–Kier alpha value is -3.72. The lowest BCUT2D eigenvalue weighted by Crippen LogP contribution is -2.15. The first-order valence-corrected chi connectivity index (χ1v) is 10.1. The molecule has 0 atom stereocenters. The minimum atomic E-state index is -4.66. The van der Waals surface area contributed by atoms with Crippen LogP contribution in [0.15, 0.2) is 72.1 Å². The van der Waals surface area contributed by atoms with E-state index < -0.39 is 17.8 Å². The molecule has 0 bridgehead atoms. The molecule has 0 unspecified atom stereocenters. The standard InChI is InChI=1S/C22H13F3N4OS/c23-22(24,25)19-11-16(18-9-4-10-31-18)26-20-12-17(28-29(19)20)21(30)27-15-8-3-6-13-5-1-2-7-14(13)15/h1-12H,(H,27,30). The zero-order chi connectivity index (χ0) is 21.6. The van der Waals surface area contributed by atoms with E-state index in [1.54, 1.807) is 29.6 Å². The van der Waals surface area contributed by atoms with Gasteiger partial charge >= 0.3 is 6.18 Å². The Morgan fingerprint density at radius 3 is 2.58 bits per heavy atom. The molecule has 154 valence electrons. The number of benzene rings is 2. The fourth-order valence-electron chi connectivity index (χ4n) is 3.36. The zero-order valence-electron chi connectivity index (χ0n) is 15.7. The third kappa shape index (κ3) is 3.53. The number of hydrogen-bond donors (Lipinski definition) is 1. The molecule has 2 aromatic carbocycles. The highest BCUT2D eigenvalue weighted by Crippen LogP contribution is 2.33. The van der Waals surface area contributed by atoms with Crippen LogP contribution in [0.2, 0.25) is 0 Å². The van der Waals surface area contributed by atoms with E-state index in [1.807, 2.05) is 30.3 Å². The smallest absolute Gasteiger partial charge is 0.320 e. The van der Waals surface area contributed by atoms with Crippen LogP contribution in [0.3, 0.4) is 0 Å². The highest BCUT2D eigenvalue weighted by molar-refractivity contribution is 7.13. The van der Waals surface area contributed by atoms with Crippen LogP contribution in [0.1, 0.15) is 16.2 Å². The summed E-state index contributed by atoms with van der Waals surface area (Å²) < 4.78 is 41.7. The predicted molar refractivity (Wildman–Crippen MR) is 113 cm³/mol. The van der Waals surface area contributed by atoms with Crippen LogP contribution in [-0.2, 0) is 6.18 Å². The fourth-order valence-corrected chi connectivity index (χ4v) is 4.04. The number of hydrogen-bond acceptors (Lipinski definition) is 4. The first-order chi connectivity index (χ1) is 14.9. The lowest BCUT2D eigenvalue weighted by Gasteiger charge is -2.10. The third-order valence-corrected chi connectivity index (χ3v) is 5.65. The first kappa shape index (κ1) is 19.3. The van der Waals surface area contributed by atoms with Gasteiger partial charge in [-0.15, -0.1) is 11.3 Å². The van der Waals surface area contributed by atoms with Gasteiger partial charge in [0.25, 0.3) is 5.91 Å². The van der Waals surface area contributed by atoms with Crippen LogP contribution in [0.5, 0.6) is 0 Å². The Balaban J connectivity index is 1.58. The number of alkyl halides is 3. The predicted octanol–water partition coefficient (Wildman–Crippen LogP) is 5.88. The molecule has 0 spiro atoms. The number of thiophene rings is 1. The van der Waals surface area contributed by atoms with Crippen LogP contribution < -0.4 is 5.32 Å². The summed E-state index contributed by atoms with van der Waals surface area (Å²) in [6.45, 7) is 0. The molecule has 5 nitrogen and oxygen atoms in total. The van der Waals surface area contributed by atoms with Gasteiger partial charge in [0.2, 0.25) is 0 Å². The van der Waals surface area contributed by atoms with E-state index in [0.717, 1.165) is 16.8 Å². The average Bonchev–Trinajstić information content (AvgIpc) is 3.42. The number of anilines is 1. The largest absolute Gasteiger partial charge is 0.433 e. The molecule has 0 aliphatic heterocycles. The molecule has 3 heterocycles. The minimum Gasteiger partial charge on any atom is -0.320 e. The summed E-state index contributed by atoms with van der Waals surface area (Å²) in [4.78, 5) is 17.7. The maximum atomic E-state index is 13.7. The van der Waals surface area contributed by atoms with Crippen molar-refractivity contribution >= 4 is 39.4 Å². The second-order valence-corrected chi connectivity index (χ2v) is 7.73. The summed E-state index contributed by atoms with van der Waals surface area (Å²) in [5.74, 6) is -0.618. The molecule has 1 amide bonds. The Labute approximate surface area is 177 Å².